The Morgan fingerprint density at radius 2 is 2.00 bits per heavy atom. The molecular formula is C10H5ClF3NO. The number of hydrogen-bond acceptors (Lipinski definition) is 2. The van der Waals surface area contributed by atoms with Crippen molar-refractivity contribution in [3.63, 3.8) is 0 Å². The molecule has 84 valence electrons. The molecule has 6 heteroatoms. The van der Waals surface area contributed by atoms with Crippen LogP contribution in [-0.2, 0) is 6.18 Å². The number of nitrogens with zero attached hydrogens (tertiary/aromatic N) is 1. The first kappa shape index (κ1) is 11.0. The minimum atomic E-state index is -4.48. The third-order valence-electron chi connectivity index (χ3n) is 1.99. The maximum absolute atomic E-state index is 12.5. The first-order chi connectivity index (χ1) is 7.48. The molecule has 0 saturated carbocycles. The second kappa shape index (κ2) is 3.83. The molecule has 0 atom stereocenters. The zero-order chi connectivity index (χ0) is 11.8. The predicted octanol–water partition coefficient (Wildman–Crippen LogP) is 4.01. The van der Waals surface area contributed by atoms with E-state index in [1.54, 1.807) is 0 Å². The number of hydrogen-bond donors (Lipinski definition) is 0. The lowest BCUT2D eigenvalue weighted by atomic mass is 10.1. The Morgan fingerprint density at radius 3 is 2.56 bits per heavy atom. The van der Waals surface area contributed by atoms with Crippen molar-refractivity contribution in [1.82, 2.24) is 4.98 Å². The van der Waals surface area contributed by atoms with Gasteiger partial charge in [-0.25, -0.2) is 4.98 Å². The zero-order valence-corrected chi connectivity index (χ0v) is 8.51. The third-order valence-corrected chi connectivity index (χ3v) is 2.32. The molecule has 0 amide bonds. The van der Waals surface area contributed by atoms with Gasteiger partial charge >= 0.3 is 6.18 Å². The largest absolute Gasteiger partial charge is 0.444 e. The lowest BCUT2D eigenvalue weighted by Crippen LogP contribution is -2.05. The molecule has 0 aliphatic rings. The Kier molecular flexibility index (Phi) is 2.63. The molecule has 0 fully saturated rings. The quantitative estimate of drug-likeness (QED) is 0.761. The van der Waals surface area contributed by atoms with Crippen LogP contribution in [0.4, 0.5) is 13.2 Å². The van der Waals surface area contributed by atoms with Gasteiger partial charge in [-0.15, -0.1) is 0 Å². The van der Waals surface area contributed by atoms with Gasteiger partial charge in [0, 0.05) is 5.56 Å². The summed E-state index contributed by atoms with van der Waals surface area (Å²) in [6.45, 7) is 0. The van der Waals surface area contributed by atoms with Gasteiger partial charge in [-0.3, -0.25) is 0 Å². The molecular weight excluding hydrogens is 243 g/mol. The fourth-order valence-electron chi connectivity index (χ4n) is 1.25. The lowest BCUT2D eigenvalue weighted by Gasteiger charge is -2.09. The molecule has 1 aromatic heterocycles. The normalized spacial score (nSPS) is 11.8. The molecule has 0 unspecified atom stereocenters. The summed E-state index contributed by atoms with van der Waals surface area (Å²) < 4.78 is 42.5. The molecule has 16 heavy (non-hydrogen) atoms. The minimum Gasteiger partial charge on any atom is -0.444 e. The summed E-state index contributed by atoms with van der Waals surface area (Å²) in [6, 6.07) is 3.56. The van der Waals surface area contributed by atoms with E-state index in [1.807, 2.05) is 0 Å². The predicted molar refractivity (Wildman–Crippen MR) is 52.0 cm³/mol. The Morgan fingerprint density at radius 1 is 1.25 bits per heavy atom. The highest BCUT2D eigenvalue weighted by Gasteiger charge is 2.33. The summed E-state index contributed by atoms with van der Waals surface area (Å²) >= 11 is 5.48. The van der Waals surface area contributed by atoms with E-state index >= 15 is 0 Å². The second-order valence-electron chi connectivity index (χ2n) is 3.06. The zero-order valence-electron chi connectivity index (χ0n) is 7.75. The van der Waals surface area contributed by atoms with Crippen LogP contribution in [0.25, 0.3) is 11.3 Å². The van der Waals surface area contributed by atoms with E-state index in [9.17, 15) is 13.2 Å². The molecule has 0 N–H and O–H groups in total. The van der Waals surface area contributed by atoms with Crippen LogP contribution in [0.3, 0.4) is 0 Å². The Bertz CT molecular complexity index is 493. The van der Waals surface area contributed by atoms with Crippen LogP contribution in [0, 0.1) is 0 Å². The first-order valence-electron chi connectivity index (χ1n) is 4.24. The van der Waals surface area contributed by atoms with Gasteiger partial charge in [0.05, 0.1) is 16.8 Å². The summed E-state index contributed by atoms with van der Waals surface area (Å²) in [6.07, 6.45) is -1.99. The summed E-state index contributed by atoms with van der Waals surface area (Å²) in [5, 5.41) is -0.337. The summed E-state index contributed by atoms with van der Waals surface area (Å²) in [7, 11) is 0. The van der Waals surface area contributed by atoms with E-state index < -0.39 is 11.7 Å². The number of halogens is 4. The molecule has 0 saturated heterocycles. The topological polar surface area (TPSA) is 26.0 Å². The minimum absolute atomic E-state index is 0.266. The molecule has 0 aliphatic heterocycles. The number of rotatable bonds is 1. The van der Waals surface area contributed by atoms with Gasteiger partial charge in [0.2, 0.25) is 0 Å². The fourth-order valence-corrected chi connectivity index (χ4v) is 1.48. The first-order valence-corrected chi connectivity index (χ1v) is 4.62. The molecule has 0 aliphatic carbocycles. The molecule has 1 heterocycles. The molecule has 0 radical (unpaired) electrons. The average molecular weight is 248 g/mol. The van der Waals surface area contributed by atoms with Crippen molar-refractivity contribution < 1.29 is 17.6 Å². The molecule has 2 rings (SSSR count). The maximum Gasteiger partial charge on any atom is 0.417 e. The standard InChI is InChI=1S/C10H5ClF3NO/c11-8-2-1-6(9-4-15-5-16-9)3-7(8)10(12,13)14/h1-5H. The van der Waals surface area contributed by atoms with Crippen molar-refractivity contribution in [2.45, 2.75) is 6.18 Å². The van der Waals surface area contributed by atoms with E-state index in [4.69, 9.17) is 16.0 Å². The van der Waals surface area contributed by atoms with Crippen molar-refractivity contribution >= 4 is 11.6 Å². The van der Waals surface area contributed by atoms with Crippen molar-refractivity contribution in [2.75, 3.05) is 0 Å². The van der Waals surface area contributed by atoms with Gasteiger partial charge in [-0.05, 0) is 18.2 Å². The highest BCUT2D eigenvalue weighted by molar-refractivity contribution is 6.31. The van der Waals surface area contributed by atoms with Crippen molar-refractivity contribution in [2.24, 2.45) is 0 Å². The number of oxazole rings is 1. The number of benzene rings is 1. The monoisotopic (exact) mass is 247 g/mol. The van der Waals surface area contributed by atoms with Crippen LogP contribution < -0.4 is 0 Å². The van der Waals surface area contributed by atoms with Gasteiger partial charge in [-0.1, -0.05) is 11.6 Å². The number of aromatic nitrogens is 1. The van der Waals surface area contributed by atoms with Gasteiger partial charge in [-0.2, -0.15) is 13.2 Å². The molecule has 0 bridgehead atoms. The summed E-state index contributed by atoms with van der Waals surface area (Å²) in [5.41, 5.74) is -0.600. The molecule has 2 aromatic rings. The lowest BCUT2D eigenvalue weighted by molar-refractivity contribution is -0.137. The van der Waals surface area contributed by atoms with Crippen LogP contribution in [-0.4, -0.2) is 4.98 Å². The van der Waals surface area contributed by atoms with Gasteiger partial charge in [0.15, 0.2) is 12.2 Å². The average Bonchev–Trinajstić information content (AvgIpc) is 2.69. The Hall–Kier alpha value is -1.49. The second-order valence-corrected chi connectivity index (χ2v) is 3.47. The highest BCUT2D eigenvalue weighted by atomic mass is 35.5. The summed E-state index contributed by atoms with van der Waals surface area (Å²) in [5.74, 6) is 0.266. The van der Waals surface area contributed by atoms with E-state index in [-0.39, 0.29) is 16.3 Å². The van der Waals surface area contributed by atoms with Gasteiger partial charge < -0.3 is 4.42 Å². The molecule has 2 nitrogen and oxygen atoms in total. The van der Waals surface area contributed by atoms with Crippen molar-refractivity contribution in [1.29, 1.82) is 0 Å². The number of alkyl halides is 3. The van der Waals surface area contributed by atoms with E-state index in [1.165, 1.54) is 18.3 Å². The maximum atomic E-state index is 12.5. The van der Waals surface area contributed by atoms with Gasteiger partial charge in [0.25, 0.3) is 0 Å². The highest BCUT2D eigenvalue weighted by Crippen LogP contribution is 2.37. The Balaban J connectivity index is 2.52. The SMILES string of the molecule is FC(F)(F)c1cc(-c2cnco2)ccc1Cl. The van der Waals surface area contributed by atoms with Crippen LogP contribution in [0.2, 0.25) is 5.02 Å². The van der Waals surface area contributed by atoms with E-state index in [2.05, 4.69) is 4.98 Å². The third kappa shape index (κ3) is 2.04. The van der Waals surface area contributed by atoms with Crippen LogP contribution in [0.5, 0.6) is 0 Å². The summed E-state index contributed by atoms with van der Waals surface area (Å²) in [4.78, 5) is 3.63. The van der Waals surface area contributed by atoms with Gasteiger partial charge in [0.1, 0.15) is 0 Å². The van der Waals surface area contributed by atoms with Crippen molar-refractivity contribution in [3.8, 4) is 11.3 Å². The Labute approximate surface area is 93.7 Å². The fraction of sp³-hybridized carbons (Fsp3) is 0.100. The van der Waals surface area contributed by atoms with E-state index in [0.717, 1.165) is 12.5 Å². The molecule has 0 spiro atoms. The van der Waals surface area contributed by atoms with Crippen molar-refractivity contribution in [3.05, 3.63) is 41.4 Å². The van der Waals surface area contributed by atoms with Crippen LogP contribution in [0.1, 0.15) is 5.56 Å². The van der Waals surface area contributed by atoms with Crippen LogP contribution >= 0.6 is 11.6 Å². The molecule has 1 aromatic carbocycles. The smallest absolute Gasteiger partial charge is 0.417 e. The van der Waals surface area contributed by atoms with E-state index in [0.29, 0.717) is 0 Å². The van der Waals surface area contributed by atoms with Crippen LogP contribution in [0.15, 0.2) is 35.2 Å².